The van der Waals surface area contributed by atoms with Crippen LogP contribution in [0.25, 0.3) is 0 Å². The Bertz CT molecular complexity index is 1720. The van der Waals surface area contributed by atoms with Gasteiger partial charge in [-0.2, -0.15) is 0 Å². The monoisotopic (exact) mass is 930 g/mol. The van der Waals surface area contributed by atoms with Crippen molar-refractivity contribution in [2.75, 3.05) is 26.3 Å². The van der Waals surface area contributed by atoms with E-state index in [1.807, 2.05) is 118 Å². The highest BCUT2D eigenvalue weighted by molar-refractivity contribution is 9.10. The molecule has 318 valence electrons. The van der Waals surface area contributed by atoms with Crippen LogP contribution in [0, 0.1) is 0 Å². The van der Waals surface area contributed by atoms with Crippen LogP contribution < -0.4 is 14.9 Å². The van der Waals surface area contributed by atoms with E-state index >= 15 is 0 Å². The minimum absolute atomic E-state index is 0.0348. The third kappa shape index (κ3) is 14.7. The lowest BCUT2D eigenvalue weighted by Crippen LogP contribution is -2.42. The maximum Gasteiger partial charge on any atom is 0.494 e. The first-order chi connectivity index (χ1) is 27.0. The van der Waals surface area contributed by atoms with Gasteiger partial charge in [-0.3, -0.25) is 0 Å². The fraction of sp³-hybridized carbons (Fsp3) is 0.545. The standard InChI is InChI=1S/C22H34BNO5.C16H22BrNO3.C6H5BrO/c1-20(2,3)27-19(25)24-14-8-9-17(24)15-26-18-12-10-16(11-13-18)23-28-21(4,5)22(6,7)29-23;1-16(2,3)21-15(19)18-10-4-5-13(18)11-20-14-8-6-12(17)7-9-14;7-5-1-3-6(8)4-2-5/h10-13,17H,8-9,14-15H2,1-7H3;6-9,13H,4-5,10-11H2,1-3H3;1-4,8H/t17-;13-;/m00./s1. The molecule has 3 aromatic carbocycles. The Hall–Kier alpha value is -3.46. The zero-order chi connectivity index (χ0) is 42.9. The van der Waals surface area contributed by atoms with Crippen molar-refractivity contribution in [3.8, 4) is 17.2 Å². The predicted molar refractivity (Wildman–Crippen MR) is 235 cm³/mol. The number of carbonyl (C=O) groups is 2. The van der Waals surface area contributed by atoms with E-state index in [4.69, 9.17) is 33.4 Å². The second-order valence-corrected chi connectivity index (χ2v) is 19.5. The van der Waals surface area contributed by atoms with Crippen LogP contribution in [0.2, 0.25) is 0 Å². The molecule has 1 N–H and O–H groups in total. The quantitative estimate of drug-likeness (QED) is 0.231. The van der Waals surface area contributed by atoms with Gasteiger partial charge in [0.15, 0.2) is 0 Å². The zero-order valence-corrected chi connectivity index (χ0v) is 38.9. The summed E-state index contributed by atoms with van der Waals surface area (Å²) in [5, 5.41) is 8.74. The number of likely N-dealkylation sites (tertiary alicyclic amines) is 2. The molecule has 3 aromatic rings. The first kappa shape index (κ1) is 47.2. The van der Waals surface area contributed by atoms with Crippen molar-refractivity contribution in [1.82, 2.24) is 9.80 Å². The van der Waals surface area contributed by atoms with Gasteiger partial charge in [0.1, 0.15) is 41.7 Å². The number of aromatic hydroxyl groups is 1. The molecular weight excluding hydrogens is 871 g/mol. The van der Waals surface area contributed by atoms with Crippen LogP contribution >= 0.6 is 31.9 Å². The van der Waals surface area contributed by atoms with Crippen LogP contribution in [0.3, 0.4) is 0 Å². The summed E-state index contributed by atoms with van der Waals surface area (Å²) in [6.45, 7) is 21.9. The lowest BCUT2D eigenvalue weighted by molar-refractivity contribution is 0.00578. The minimum atomic E-state index is -0.492. The Morgan fingerprint density at radius 1 is 0.672 bits per heavy atom. The van der Waals surface area contributed by atoms with Gasteiger partial charge in [0, 0.05) is 22.0 Å². The van der Waals surface area contributed by atoms with Crippen molar-refractivity contribution in [3.05, 3.63) is 81.7 Å². The van der Waals surface area contributed by atoms with Crippen molar-refractivity contribution >= 4 is 56.6 Å². The van der Waals surface area contributed by atoms with E-state index in [-0.39, 0.29) is 42.6 Å². The molecule has 14 heteroatoms. The number of amides is 2. The molecule has 3 aliphatic heterocycles. The molecule has 0 bridgehead atoms. The molecule has 0 aromatic heterocycles. The summed E-state index contributed by atoms with van der Waals surface area (Å²) in [5.74, 6) is 1.88. The number of carbonyl (C=O) groups excluding carboxylic acids is 2. The van der Waals surface area contributed by atoms with Gasteiger partial charge in [-0.15, -0.1) is 0 Å². The Labute approximate surface area is 362 Å². The lowest BCUT2D eigenvalue weighted by Gasteiger charge is -2.32. The number of phenols is 1. The SMILES string of the molecule is CC(C)(C)OC(=O)N1CCC[C@H]1COc1ccc(B2OC(C)(C)C(C)(C)O2)cc1.CC(C)(C)OC(=O)N1CCC[C@H]1COc1ccc(Br)cc1.Oc1ccc(Br)cc1. The van der Waals surface area contributed by atoms with Crippen molar-refractivity contribution < 1.29 is 43.0 Å². The van der Waals surface area contributed by atoms with Gasteiger partial charge in [-0.1, -0.05) is 44.0 Å². The van der Waals surface area contributed by atoms with Crippen molar-refractivity contribution in [2.45, 2.75) is 129 Å². The third-order valence-electron chi connectivity index (χ3n) is 9.94. The lowest BCUT2D eigenvalue weighted by atomic mass is 9.79. The number of ether oxygens (including phenoxy) is 4. The molecular formula is C44H61BBr2N2O9. The number of halogens is 2. The molecule has 0 radical (unpaired) electrons. The van der Waals surface area contributed by atoms with Crippen LogP contribution in [0.5, 0.6) is 17.2 Å². The van der Waals surface area contributed by atoms with Gasteiger partial charge in [0.2, 0.25) is 0 Å². The third-order valence-corrected chi connectivity index (χ3v) is 11.0. The molecule has 0 unspecified atom stereocenters. The zero-order valence-electron chi connectivity index (χ0n) is 35.7. The van der Waals surface area contributed by atoms with E-state index in [0.717, 1.165) is 58.1 Å². The highest BCUT2D eigenvalue weighted by atomic mass is 79.9. The average Bonchev–Trinajstić information content (AvgIpc) is 3.85. The summed E-state index contributed by atoms with van der Waals surface area (Å²) in [6, 6.07) is 22.4. The molecule has 6 rings (SSSR count). The van der Waals surface area contributed by atoms with Crippen LogP contribution in [-0.2, 0) is 18.8 Å². The summed E-state index contributed by atoms with van der Waals surface area (Å²) in [6.07, 6.45) is 3.33. The maximum absolute atomic E-state index is 12.4. The summed E-state index contributed by atoms with van der Waals surface area (Å²) in [4.78, 5) is 28.1. The molecule has 11 nitrogen and oxygen atoms in total. The Balaban J connectivity index is 0.000000222. The Morgan fingerprint density at radius 2 is 1.03 bits per heavy atom. The van der Waals surface area contributed by atoms with Gasteiger partial charge < -0.3 is 43.2 Å². The summed E-state index contributed by atoms with van der Waals surface area (Å²) >= 11 is 6.63. The molecule has 3 saturated heterocycles. The summed E-state index contributed by atoms with van der Waals surface area (Å²) in [7, 11) is -0.383. The first-order valence-corrected chi connectivity index (χ1v) is 21.5. The second-order valence-electron chi connectivity index (χ2n) is 17.6. The van der Waals surface area contributed by atoms with Crippen LogP contribution in [-0.4, -0.2) is 95.0 Å². The minimum Gasteiger partial charge on any atom is -0.508 e. The topological polar surface area (TPSA) is 116 Å². The number of nitrogens with zero attached hydrogens (tertiary/aromatic N) is 2. The molecule has 0 aliphatic carbocycles. The van der Waals surface area contributed by atoms with E-state index in [1.54, 1.807) is 34.1 Å². The fourth-order valence-electron chi connectivity index (χ4n) is 6.20. The molecule has 3 heterocycles. The largest absolute Gasteiger partial charge is 0.508 e. The fourth-order valence-corrected chi connectivity index (χ4v) is 6.73. The van der Waals surface area contributed by atoms with Crippen molar-refractivity contribution in [2.24, 2.45) is 0 Å². The van der Waals surface area contributed by atoms with Gasteiger partial charge in [0.05, 0.1) is 23.3 Å². The van der Waals surface area contributed by atoms with Crippen LogP contribution in [0.1, 0.15) is 94.9 Å². The van der Waals surface area contributed by atoms with E-state index in [1.165, 1.54) is 0 Å². The van der Waals surface area contributed by atoms with Crippen LogP contribution in [0.15, 0.2) is 81.7 Å². The van der Waals surface area contributed by atoms with E-state index in [9.17, 15) is 9.59 Å². The highest BCUT2D eigenvalue weighted by Gasteiger charge is 2.51. The van der Waals surface area contributed by atoms with Crippen molar-refractivity contribution in [1.29, 1.82) is 0 Å². The molecule has 58 heavy (non-hydrogen) atoms. The Kier molecular flexibility index (Phi) is 16.4. The van der Waals surface area contributed by atoms with E-state index < -0.39 is 11.2 Å². The predicted octanol–water partition coefficient (Wildman–Crippen LogP) is 10.1. The van der Waals surface area contributed by atoms with Crippen molar-refractivity contribution in [3.63, 3.8) is 0 Å². The number of hydrogen-bond donors (Lipinski definition) is 1. The molecule has 3 fully saturated rings. The average molecular weight is 933 g/mol. The number of phenolic OH excluding ortho intramolecular Hbond substituents is 1. The van der Waals surface area contributed by atoms with Gasteiger partial charge >= 0.3 is 19.3 Å². The molecule has 0 spiro atoms. The van der Waals surface area contributed by atoms with Gasteiger partial charge in [-0.25, -0.2) is 9.59 Å². The smallest absolute Gasteiger partial charge is 0.494 e. The number of benzene rings is 3. The molecule has 0 saturated carbocycles. The highest BCUT2D eigenvalue weighted by Crippen LogP contribution is 2.36. The summed E-state index contributed by atoms with van der Waals surface area (Å²) in [5.41, 5.74) is -0.709. The first-order valence-electron chi connectivity index (χ1n) is 19.9. The van der Waals surface area contributed by atoms with Crippen LogP contribution in [0.4, 0.5) is 9.59 Å². The number of rotatable bonds is 7. The second kappa shape index (κ2) is 20.2. The van der Waals surface area contributed by atoms with E-state index in [0.29, 0.717) is 25.5 Å². The van der Waals surface area contributed by atoms with Gasteiger partial charge in [0.25, 0.3) is 0 Å². The normalized spacial score (nSPS) is 19.7. The van der Waals surface area contributed by atoms with E-state index in [2.05, 4.69) is 31.9 Å². The maximum atomic E-state index is 12.4. The summed E-state index contributed by atoms with van der Waals surface area (Å²) < 4.78 is 36.9. The molecule has 2 atom stereocenters. The van der Waals surface area contributed by atoms with Gasteiger partial charge in [-0.05, 0) is 161 Å². The number of hydrogen-bond acceptors (Lipinski definition) is 9. The molecule has 3 aliphatic rings. The molecule has 2 amide bonds. The Morgan fingerprint density at radius 3 is 1.40 bits per heavy atom.